The molecule has 0 heterocycles. The second kappa shape index (κ2) is 5.70. The molecule has 1 aromatic rings. The number of ether oxygens (including phenoxy) is 1. The van der Waals surface area contributed by atoms with E-state index in [1.165, 1.54) is 18.9 Å². The van der Waals surface area contributed by atoms with E-state index < -0.39 is 0 Å². The van der Waals surface area contributed by atoms with E-state index in [2.05, 4.69) is 11.8 Å². The van der Waals surface area contributed by atoms with Gasteiger partial charge in [0, 0.05) is 5.56 Å². The van der Waals surface area contributed by atoms with Crippen LogP contribution >= 0.6 is 0 Å². The van der Waals surface area contributed by atoms with Gasteiger partial charge in [-0.2, -0.15) is 0 Å². The van der Waals surface area contributed by atoms with E-state index in [9.17, 15) is 4.39 Å². The Kier molecular flexibility index (Phi) is 4.00. The van der Waals surface area contributed by atoms with Crippen molar-refractivity contribution in [3.63, 3.8) is 0 Å². The molecule has 3 heteroatoms. The van der Waals surface area contributed by atoms with Crippen molar-refractivity contribution in [3.05, 3.63) is 29.6 Å². The summed E-state index contributed by atoms with van der Waals surface area (Å²) in [6, 6.07) is 4.49. The molecule has 0 spiro atoms. The van der Waals surface area contributed by atoms with Crippen LogP contribution in [0.1, 0.15) is 24.8 Å². The van der Waals surface area contributed by atoms with Crippen molar-refractivity contribution in [2.75, 3.05) is 13.2 Å². The molecule has 1 saturated carbocycles. The molecule has 0 aliphatic heterocycles. The summed E-state index contributed by atoms with van der Waals surface area (Å²) in [7, 11) is 0. The van der Waals surface area contributed by atoms with Crippen LogP contribution in [-0.4, -0.2) is 18.3 Å². The van der Waals surface area contributed by atoms with Gasteiger partial charge in [0.05, 0.1) is 6.61 Å². The fraction of sp³-hybridized carbons (Fsp3) is 0.429. The fourth-order valence-electron chi connectivity index (χ4n) is 1.58. The molecule has 1 aliphatic carbocycles. The molecular formula is C14H15FO2. The van der Waals surface area contributed by atoms with E-state index in [0.717, 1.165) is 12.3 Å². The van der Waals surface area contributed by atoms with Crippen molar-refractivity contribution >= 4 is 0 Å². The summed E-state index contributed by atoms with van der Waals surface area (Å²) in [5.41, 5.74) is 0.655. The Labute approximate surface area is 100 Å². The van der Waals surface area contributed by atoms with Gasteiger partial charge in [-0.15, -0.1) is 0 Å². The first-order valence-electron chi connectivity index (χ1n) is 5.81. The van der Waals surface area contributed by atoms with Gasteiger partial charge in [-0.25, -0.2) is 4.39 Å². The van der Waals surface area contributed by atoms with Crippen LogP contribution < -0.4 is 4.74 Å². The van der Waals surface area contributed by atoms with Crippen molar-refractivity contribution in [2.24, 2.45) is 5.92 Å². The first kappa shape index (κ1) is 11.9. The minimum Gasteiger partial charge on any atom is -0.490 e. The average molecular weight is 234 g/mol. The Morgan fingerprint density at radius 3 is 2.94 bits per heavy atom. The summed E-state index contributed by atoms with van der Waals surface area (Å²) in [6.07, 6.45) is 3.54. The third-order valence-corrected chi connectivity index (χ3v) is 2.72. The van der Waals surface area contributed by atoms with E-state index >= 15 is 0 Å². The lowest BCUT2D eigenvalue weighted by Gasteiger charge is -2.06. The summed E-state index contributed by atoms with van der Waals surface area (Å²) in [6.45, 7) is 0.355. The lowest BCUT2D eigenvalue weighted by molar-refractivity contribution is 0.288. The normalized spacial score (nSPS) is 14.0. The van der Waals surface area contributed by atoms with E-state index in [-0.39, 0.29) is 18.2 Å². The number of aliphatic hydroxyl groups excluding tert-OH is 1. The fourth-order valence-corrected chi connectivity index (χ4v) is 1.58. The monoisotopic (exact) mass is 234 g/mol. The number of benzene rings is 1. The predicted octanol–water partition coefficient (Wildman–Crippen LogP) is 2.35. The zero-order valence-corrected chi connectivity index (χ0v) is 9.58. The molecule has 17 heavy (non-hydrogen) atoms. The molecule has 0 atom stereocenters. The maximum absolute atomic E-state index is 13.4. The van der Waals surface area contributed by atoms with Crippen LogP contribution in [0.5, 0.6) is 5.75 Å². The second-order valence-electron chi connectivity index (χ2n) is 4.19. The van der Waals surface area contributed by atoms with Gasteiger partial charge < -0.3 is 9.84 Å². The predicted molar refractivity (Wildman–Crippen MR) is 63.2 cm³/mol. The highest BCUT2D eigenvalue weighted by Crippen LogP contribution is 2.32. The Morgan fingerprint density at radius 1 is 1.41 bits per heavy atom. The molecule has 2 nitrogen and oxygen atoms in total. The van der Waals surface area contributed by atoms with Crippen molar-refractivity contribution in [3.8, 4) is 17.6 Å². The molecule has 0 unspecified atom stereocenters. The highest BCUT2D eigenvalue weighted by atomic mass is 19.1. The van der Waals surface area contributed by atoms with Crippen LogP contribution in [0.25, 0.3) is 0 Å². The van der Waals surface area contributed by atoms with Gasteiger partial charge in [0.2, 0.25) is 0 Å². The zero-order valence-electron chi connectivity index (χ0n) is 9.58. The Morgan fingerprint density at radius 2 is 2.24 bits per heavy atom. The highest BCUT2D eigenvalue weighted by Gasteiger charge is 2.20. The molecule has 1 fully saturated rings. The van der Waals surface area contributed by atoms with E-state index in [1.54, 1.807) is 12.1 Å². The summed E-state index contributed by atoms with van der Waals surface area (Å²) in [5.74, 6) is 5.90. The molecule has 0 amide bonds. The maximum atomic E-state index is 13.4. The second-order valence-corrected chi connectivity index (χ2v) is 4.19. The van der Waals surface area contributed by atoms with Crippen LogP contribution in [-0.2, 0) is 0 Å². The van der Waals surface area contributed by atoms with Crippen LogP contribution in [0.2, 0.25) is 0 Å². The average Bonchev–Trinajstić information content (AvgIpc) is 3.14. The third-order valence-electron chi connectivity index (χ3n) is 2.72. The Balaban J connectivity index is 1.97. The quantitative estimate of drug-likeness (QED) is 0.810. The number of rotatable bonds is 4. The first-order chi connectivity index (χ1) is 8.29. The molecule has 1 aliphatic rings. The summed E-state index contributed by atoms with van der Waals surface area (Å²) in [5, 5.41) is 8.58. The van der Waals surface area contributed by atoms with Gasteiger partial charge in [-0.05, 0) is 30.5 Å². The van der Waals surface area contributed by atoms with Crippen molar-refractivity contribution < 1.29 is 14.2 Å². The molecule has 2 rings (SSSR count). The lowest BCUT2D eigenvalue weighted by atomic mass is 10.2. The van der Waals surface area contributed by atoms with Crippen LogP contribution in [0.15, 0.2) is 18.2 Å². The highest BCUT2D eigenvalue weighted by molar-refractivity contribution is 5.40. The van der Waals surface area contributed by atoms with Crippen LogP contribution in [0.3, 0.4) is 0 Å². The Bertz CT molecular complexity index is 441. The first-order valence-corrected chi connectivity index (χ1v) is 5.81. The van der Waals surface area contributed by atoms with Crippen LogP contribution in [0.4, 0.5) is 4.39 Å². The van der Waals surface area contributed by atoms with Gasteiger partial charge in [0.25, 0.3) is 0 Å². The minimum absolute atomic E-state index is 0.199. The smallest absolute Gasteiger partial charge is 0.165 e. The van der Waals surface area contributed by atoms with Gasteiger partial charge >= 0.3 is 0 Å². The van der Waals surface area contributed by atoms with Crippen molar-refractivity contribution in [2.45, 2.75) is 19.3 Å². The largest absolute Gasteiger partial charge is 0.490 e. The number of aliphatic hydroxyl groups is 1. The minimum atomic E-state index is -0.365. The lowest BCUT2D eigenvalue weighted by Crippen LogP contribution is -2.00. The van der Waals surface area contributed by atoms with E-state index in [0.29, 0.717) is 12.2 Å². The van der Waals surface area contributed by atoms with Gasteiger partial charge in [-0.1, -0.05) is 24.7 Å². The van der Waals surface area contributed by atoms with E-state index in [4.69, 9.17) is 9.84 Å². The molecule has 0 bridgehead atoms. The standard InChI is InChI=1S/C14H15FO2/c15-13-6-5-12(2-1-8-16)10-14(13)17-9-7-11-3-4-11/h5-6,10-11,16H,3-4,7-9H2. The van der Waals surface area contributed by atoms with Gasteiger partial charge in [-0.3, -0.25) is 0 Å². The van der Waals surface area contributed by atoms with Crippen molar-refractivity contribution in [1.29, 1.82) is 0 Å². The van der Waals surface area contributed by atoms with E-state index in [1.807, 2.05) is 0 Å². The molecule has 1 N–H and O–H groups in total. The SMILES string of the molecule is OCC#Cc1ccc(F)c(OCCC2CC2)c1. The molecule has 0 saturated heterocycles. The number of hydrogen-bond donors (Lipinski definition) is 1. The molecule has 1 aromatic carbocycles. The molecule has 0 aromatic heterocycles. The number of hydrogen-bond acceptors (Lipinski definition) is 2. The maximum Gasteiger partial charge on any atom is 0.165 e. The molecular weight excluding hydrogens is 219 g/mol. The number of halogens is 1. The van der Waals surface area contributed by atoms with Gasteiger partial charge in [0.1, 0.15) is 6.61 Å². The zero-order chi connectivity index (χ0) is 12.1. The Hall–Kier alpha value is -1.53. The summed E-state index contributed by atoms with van der Waals surface area (Å²) < 4.78 is 18.8. The topological polar surface area (TPSA) is 29.5 Å². The summed E-state index contributed by atoms with van der Waals surface area (Å²) >= 11 is 0. The van der Waals surface area contributed by atoms with Crippen molar-refractivity contribution in [1.82, 2.24) is 0 Å². The summed E-state index contributed by atoms with van der Waals surface area (Å²) in [4.78, 5) is 0. The molecule has 90 valence electrons. The molecule has 0 radical (unpaired) electrons. The van der Waals surface area contributed by atoms with Crippen LogP contribution in [0, 0.1) is 23.6 Å². The van der Waals surface area contributed by atoms with Gasteiger partial charge in [0.15, 0.2) is 11.6 Å². The third kappa shape index (κ3) is 3.76.